The fourth-order valence-electron chi connectivity index (χ4n) is 3.38. The highest BCUT2D eigenvalue weighted by Gasteiger charge is 2.42. The Hall–Kier alpha value is -0.950. The zero-order valence-corrected chi connectivity index (χ0v) is 16.3. The number of halogens is 4. The van der Waals surface area contributed by atoms with Gasteiger partial charge in [0, 0.05) is 18.7 Å². The molecule has 2 aliphatic heterocycles. The standard InChI is InChI=1S/C18H25F2N3O.2ClH/c19-18(20)11-16(21-13-18)17(24)22-15-7-5-14(6-8-15)12-23-9-3-1-2-4-10-23;;/h5-8,16,21H,1-4,9-13H2,(H,22,24);2*1H. The van der Waals surface area contributed by atoms with Crippen LogP contribution in [0.3, 0.4) is 0 Å². The molecule has 3 rings (SSSR count). The summed E-state index contributed by atoms with van der Waals surface area (Å²) in [5.41, 5.74) is 1.86. The van der Waals surface area contributed by atoms with Crippen molar-refractivity contribution in [2.24, 2.45) is 0 Å². The Morgan fingerprint density at radius 1 is 1.12 bits per heavy atom. The van der Waals surface area contributed by atoms with Crippen molar-refractivity contribution in [2.45, 2.75) is 50.6 Å². The molecule has 0 bridgehead atoms. The van der Waals surface area contributed by atoms with Gasteiger partial charge in [0.1, 0.15) is 0 Å². The van der Waals surface area contributed by atoms with Gasteiger partial charge in [0.15, 0.2) is 0 Å². The Kier molecular flexibility index (Phi) is 9.24. The summed E-state index contributed by atoms with van der Waals surface area (Å²) in [6, 6.07) is 6.86. The summed E-state index contributed by atoms with van der Waals surface area (Å²) in [6.07, 6.45) is 4.71. The van der Waals surface area contributed by atoms with E-state index in [2.05, 4.69) is 15.5 Å². The molecule has 2 aliphatic rings. The Bertz CT molecular complexity index is 564. The minimum absolute atomic E-state index is 0. The molecule has 0 aromatic heterocycles. The van der Waals surface area contributed by atoms with Crippen molar-refractivity contribution in [3.05, 3.63) is 29.8 Å². The first-order valence-electron chi connectivity index (χ1n) is 8.75. The lowest BCUT2D eigenvalue weighted by Crippen LogP contribution is -2.35. The third-order valence-electron chi connectivity index (χ3n) is 4.75. The van der Waals surface area contributed by atoms with Crippen LogP contribution in [0.2, 0.25) is 0 Å². The molecule has 1 aromatic carbocycles. The maximum atomic E-state index is 13.2. The number of hydrogen-bond acceptors (Lipinski definition) is 3. The number of amides is 1. The highest BCUT2D eigenvalue weighted by Crippen LogP contribution is 2.25. The molecular formula is C18H27Cl2F2N3O. The van der Waals surface area contributed by atoms with Gasteiger partial charge in [-0.2, -0.15) is 0 Å². The zero-order chi connectivity index (χ0) is 17.0. The average molecular weight is 410 g/mol. The highest BCUT2D eigenvalue weighted by atomic mass is 35.5. The maximum absolute atomic E-state index is 13.2. The summed E-state index contributed by atoms with van der Waals surface area (Å²) in [6.45, 7) is 2.77. The molecular weight excluding hydrogens is 383 g/mol. The summed E-state index contributed by atoms with van der Waals surface area (Å²) >= 11 is 0. The molecule has 1 atom stereocenters. The van der Waals surface area contributed by atoms with Crippen molar-refractivity contribution in [3.8, 4) is 0 Å². The fraction of sp³-hybridized carbons (Fsp3) is 0.611. The van der Waals surface area contributed by atoms with E-state index in [0.717, 1.165) is 19.6 Å². The van der Waals surface area contributed by atoms with Crippen LogP contribution in [0.15, 0.2) is 24.3 Å². The summed E-state index contributed by atoms with van der Waals surface area (Å²) in [5.74, 6) is -3.19. The molecule has 26 heavy (non-hydrogen) atoms. The van der Waals surface area contributed by atoms with Gasteiger partial charge in [0.2, 0.25) is 5.91 Å². The number of hydrogen-bond donors (Lipinski definition) is 2. The number of anilines is 1. The molecule has 2 fully saturated rings. The van der Waals surface area contributed by atoms with E-state index in [1.54, 1.807) is 0 Å². The molecule has 1 aromatic rings. The molecule has 1 amide bonds. The van der Waals surface area contributed by atoms with Gasteiger partial charge >= 0.3 is 0 Å². The van der Waals surface area contributed by atoms with Crippen molar-refractivity contribution in [2.75, 3.05) is 25.0 Å². The van der Waals surface area contributed by atoms with E-state index < -0.39 is 30.8 Å². The predicted molar refractivity (Wildman–Crippen MR) is 105 cm³/mol. The summed E-state index contributed by atoms with van der Waals surface area (Å²) < 4.78 is 26.3. The first-order chi connectivity index (χ1) is 11.5. The molecule has 4 nitrogen and oxygen atoms in total. The molecule has 0 saturated carbocycles. The van der Waals surface area contributed by atoms with Crippen molar-refractivity contribution < 1.29 is 13.6 Å². The molecule has 2 saturated heterocycles. The van der Waals surface area contributed by atoms with E-state index in [1.165, 1.54) is 31.2 Å². The van der Waals surface area contributed by atoms with Gasteiger partial charge in [0.25, 0.3) is 5.92 Å². The van der Waals surface area contributed by atoms with Gasteiger partial charge in [-0.1, -0.05) is 25.0 Å². The Balaban J connectivity index is 0.00000169. The maximum Gasteiger partial charge on any atom is 0.262 e. The summed E-state index contributed by atoms with van der Waals surface area (Å²) in [4.78, 5) is 14.5. The molecule has 2 heterocycles. The molecule has 1 unspecified atom stereocenters. The Labute approximate surface area is 165 Å². The van der Waals surface area contributed by atoms with Crippen molar-refractivity contribution >= 4 is 36.4 Å². The van der Waals surface area contributed by atoms with Crippen molar-refractivity contribution in [3.63, 3.8) is 0 Å². The van der Waals surface area contributed by atoms with Crippen LogP contribution in [0.4, 0.5) is 14.5 Å². The Morgan fingerprint density at radius 2 is 1.73 bits per heavy atom. The van der Waals surface area contributed by atoms with Crippen LogP contribution in [-0.4, -0.2) is 42.4 Å². The summed E-state index contributed by atoms with van der Waals surface area (Å²) in [5, 5.41) is 5.28. The number of likely N-dealkylation sites (tertiary alicyclic amines) is 1. The topological polar surface area (TPSA) is 44.4 Å². The SMILES string of the molecule is Cl.Cl.O=C(Nc1ccc(CN2CCCCCC2)cc1)C1CC(F)(F)CN1. The second-order valence-electron chi connectivity index (χ2n) is 6.87. The molecule has 0 spiro atoms. The first kappa shape index (κ1) is 23.1. The van der Waals surface area contributed by atoms with E-state index in [0.29, 0.717) is 5.69 Å². The normalized spacial score (nSPS) is 22.6. The van der Waals surface area contributed by atoms with Crippen LogP contribution in [0.5, 0.6) is 0 Å². The van der Waals surface area contributed by atoms with Gasteiger partial charge < -0.3 is 5.32 Å². The van der Waals surface area contributed by atoms with Crippen LogP contribution in [0, 0.1) is 0 Å². The minimum atomic E-state index is -2.79. The lowest BCUT2D eigenvalue weighted by molar-refractivity contribution is -0.118. The summed E-state index contributed by atoms with van der Waals surface area (Å²) in [7, 11) is 0. The minimum Gasteiger partial charge on any atom is -0.325 e. The number of benzene rings is 1. The lowest BCUT2D eigenvalue weighted by Gasteiger charge is -2.20. The number of nitrogens with zero attached hydrogens (tertiary/aromatic N) is 1. The van der Waals surface area contributed by atoms with Crippen LogP contribution in [-0.2, 0) is 11.3 Å². The smallest absolute Gasteiger partial charge is 0.262 e. The molecule has 0 aliphatic carbocycles. The third kappa shape index (κ3) is 6.65. The Morgan fingerprint density at radius 3 is 2.27 bits per heavy atom. The van der Waals surface area contributed by atoms with Crippen LogP contribution >= 0.6 is 24.8 Å². The second kappa shape index (κ2) is 10.4. The number of carbonyl (C=O) groups is 1. The van der Waals surface area contributed by atoms with Crippen LogP contribution < -0.4 is 10.6 Å². The molecule has 0 radical (unpaired) electrons. The number of rotatable bonds is 4. The van der Waals surface area contributed by atoms with Gasteiger partial charge in [-0.15, -0.1) is 24.8 Å². The highest BCUT2D eigenvalue weighted by molar-refractivity contribution is 5.95. The number of carbonyl (C=O) groups excluding carboxylic acids is 1. The van der Waals surface area contributed by atoms with Crippen LogP contribution in [0.25, 0.3) is 0 Å². The average Bonchev–Trinajstić information content (AvgIpc) is 2.75. The monoisotopic (exact) mass is 409 g/mol. The van der Waals surface area contributed by atoms with Gasteiger partial charge in [-0.05, 0) is 43.6 Å². The van der Waals surface area contributed by atoms with Crippen LogP contribution in [0.1, 0.15) is 37.7 Å². The predicted octanol–water partition coefficient (Wildman–Crippen LogP) is 3.84. The second-order valence-corrected chi connectivity index (χ2v) is 6.87. The van der Waals surface area contributed by atoms with E-state index >= 15 is 0 Å². The largest absolute Gasteiger partial charge is 0.325 e. The van der Waals surface area contributed by atoms with Crippen molar-refractivity contribution in [1.29, 1.82) is 0 Å². The third-order valence-corrected chi connectivity index (χ3v) is 4.75. The van der Waals surface area contributed by atoms with E-state index in [1.807, 2.05) is 24.3 Å². The van der Waals surface area contributed by atoms with Gasteiger partial charge in [-0.3, -0.25) is 15.0 Å². The van der Waals surface area contributed by atoms with E-state index in [-0.39, 0.29) is 24.8 Å². The zero-order valence-electron chi connectivity index (χ0n) is 14.7. The number of alkyl halides is 2. The molecule has 148 valence electrons. The van der Waals surface area contributed by atoms with E-state index in [4.69, 9.17) is 0 Å². The van der Waals surface area contributed by atoms with Gasteiger partial charge in [0.05, 0.1) is 12.6 Å². The first-order valence-corrected chi connectivity index (χ1v) is 8.75. The fourth-order valence-corrected chi connectivity index (χ4v) is 3.38. The molecule has 2 N–H and O–H groups in total. The van der Waals surface area contributed by atoms with Crippen molar-refractivity contribution in [1.82, 2.24) is 10.2 Å². The van der Waals surface area contributed by atoms with Gasteiger partial charge in [-0.25, -0.2) is 8.78 Å². The quantitative estimate of drug-likeness (QED) is 0.793. The number of nitrogens with one attached hydrogen (secondary N) is 2. The molecule has 8 heteroatoms. The van der Waals surface area contributed by atoms with E-state index in [9.17, 15) is 13.6 Å². The lowest BCUT2D eigenvalue weighted by atomic mass is 10.1.